The van der Waals surface area contributed by atoms with Crippen molar-refractivity contribution in [2.75, 3.05) is 7.11 Å². The predicted octanol–water partition coefficient (Wildman–Crippen LogP) is 3.28. The lowest BCUT2D eigenvalue weighted by Crippen LogP contribution is -2.07. The van der Waals surface area contributed by atoms with Crippen LogP contribution in [0.5, 0.6) is 5.75 Å². The monoisotopic (exact) mass is 302 g/mol. The van der Waals surface area contributed by atoms with Crippen LogP contribution in [0.1, 0.15) is 18.2 Å². The minimum Gasteiger partial charge on any atom is -0.496 e. The number of hydrogen-bond donors (Lipinski definition) is 1. The zero-order valence-corrected chi connectivity index (χ0v) is 13.2. The molecule has 0 saturated heterocycles. The molecule has 0 saturated carbocycles. The molecule has 0 aliphatic carbocycles. The number of rotatable bonds is 4. The van der Waals surface area contributed by atoms with E-state index in [4.69, 9.17) is 17.0 Å². The number of H-pyrrole nitrogens is 1. The summed E-state index contributed by atoms with van der Waals surface area (Å²) < 4.78 is 10.2. The normalized spacial score (nSPS) is 11.2. The van der Waals surface area contributed by atoms with Crippen LogP contribution in [0.2, 0.25) is 0 Å². The van der Waals surface area contributed by atoms with Gasteiger partial charge in [0.05, 0.1) is 19.3 Å². The minimum atomic E-state index is 0.661. The quantitative estimate of drug-likeness (QED) is 0.752. The van der Waals surface area contributed by atoms with Crippen LogP contribution < -0.4 is 4.74 Å². The third-order valence-corrected chi connectivity index (χ3v) is 3.98. The summed E-state index contributed by atoms with van der Waals surface area (Å²) in [7, 11) is 1.69. The average molecular weight is 302 g/mol. The molecule has 0 atom stereocenters. The van der Waals surface area contributed by atoms with E-state index >= 15 is 0 Å². The van der Waals surface area contributed by atoms with Crippen molar-refractivity contribution in [1.82, 2.24) is 19.3 Å². The number of para-hydroxylation sites is 1. The van der Waals surface area contributed by atoms with Gasteiger partial charge in [-0.1, -0.05) is 18.2 Å². The highest BCUT2D eigenvalue weighted by molar-refractivity contribution is 7.71. The second kappa shape index (κ2) is 5.37. The Kier molecular flexibility index (Phi) is 3.55. The molecule has 1 N–H and O–H groups in total. The van der Waals surface area contributed by atoms with Gasteiger partial charge in [0.25, 0.3) is 0 Å². The second-order valence-corrected chi connectivity index (χ2v) is 5.31. The number of ether oxygens (including phenoxy) is 1. The number of aromatic amines is 1. The first-order chi connectivity index (χ1) is 10.2. The summed E-state index contributed by atoms with van der Waals surface area (Å²) in [5, 5.41) is 4.54. The van der Waals surface area contributed by atoms with Crippen LogP contribution >= 0.6 is 12.2 Å². The van der Waals surface area contributed by atoms with Gasteiger partial charge in [-0.3, -0.25) is 4.57 Å². The first-order valence-corrected chi connectivity index (χ1v) is 7.34. The van der Waals surface area contributed by atoms with E-state index in [0.717, 1.165) is 34.7 Å². The molecule has 5 nitrogen and oxygen atoms in total. The molecule has 3 aromatic rings. The second-order valence-electron chi connectivity index (χ2n) is 4.93. The maximum Gasteiger partial charge on any atom is 0.179 e. The van der Waals surface area contributed by atoms with Crippen molar-refractivity contribution in [2.24, 2.45) is 0 Å². The van der Waals surface area contributed by atoms with E-state index in [9.17, 15) is 0 Å². The van der Waals surface area contributed by atoms with Crippen LogP contribution in [0.4, 0.5) is 0 Å². The smallest absolute Gasteiger partial charge is 0.179 e. The summed E-state index contributed by atoms with van der Waals surface area (Å²) in [6.07, 6.45) is 0. The number of aromatic nitrogens is 4. The topological polar surface area (TPSA) is 47.8 Å². The average Bonchev–Trinajstić information content (AvgIpc) is 2.98. The van der Waals surface area contributed by atoms with Crippen LogP contribution in [0.15, 0.2) is 24.3 Å². The van der Waals surface area contributed by atoms with Crippen molar-refractivity contribution in [2.45, 2.75) is 26.9 Å². The van der Waals surface area contributed by atoms with Gasteiger partial charge >= 0.3 is 0 Å². The number of fused-ring (bicyclic) bond motifs is 1. The van der Waals surface area contributed by atoms with E-state index in [1.54, 1.807) is 7.11 Å². The van der Waals surface area contributed by atoms with Crippen LogP contribution in [0.25, 0.3) is 11.2 Å². The van der Waals surface area contributed by atoms with Gasteiger partial charge in [-0.15, -0.1) is 0 Å². The van der Waals surface area contributed by atoms with E-state index in [-0.39, 0.29) is 0 Å². The highest BCUT2D eigenvalue weighted by atomic mass is 32.1. The molecule has 0 aliphatic heterocycles. The number of aryl methyl sites for hydroxylation is 2. The number of methoxy groups -OCH3 is 1. The Morgan fingerprint density at radius 2 is 2.10 bits per heavy atom. The Bertz CT molecular complexity index is 843. The Labute approximate surface area is 128 Å². The van der Waals surface area contributed by atoms with Crippen molar-refractivity contribution in [3.63, 3.8) is 0 Å². The number of hydrogen-bond acceptors (Lipinski definition) is 3. The van der Waals surface area contributed by atoms with Crippen LogP contribution in [-0.4, -0.2) is 26.4 Å². The van der Waals surface area contributed by atoms with Gasteiger partial charge in [0.15, 0.2) is 10.4 Å². The van der Waals surface area contributed by atoms with Crippen molar-refractivity contribution >= 4 is 23.4 Å². The molecule has 6 heteroatoms. The molecule has 0 bridgehead atoms. The lowest BCUT2D eigenvalue weighted by molar-refractivity contribution is 0.408. The number of nitrogens with one attached hydrogen (secondary N) is 1. The molecule has 0 radical (unpaired) electrons. The molecule has 2 heterocycles. The summed E-state index contributed by atoms with van der Waals surface area (Å²) in [5.74, 6) is 0.869. The summed E-state index contributed by atoms with van der Waals surface area (Å²) in [6.45, 7) is 5.54. The SMILES string of the molecule is CCn1nc(C)c2[nH]c(=S)n(Cc3ccccc3OC)c21. The highest BCUT2D eigenvalue weighted by Crippen LogP contribution is 2.23. The molecule has 2 aromatic heterocycles. The standard InChI is InChI=1S/C15H18N4OS/c1-4-19-14-13(10(2)17-19)16-15(21)18(14)9-11-7-5-6-8-12(11)20-3/h5-8H,4,9H2,1-3H3,(H,16,21). The third kappa shape index (κ3) is 2.25. The van der Waals surface area contributed by atoms with Gasteiger partial charge in [-0.2, -0.15) is 5.10 Å². The first-order valence-electron chi connectivity index (χ1n) is 6.93. The Balaban J connectivity index is 2.16. The maximum atomic E-state index is 5.48. The lowest BCUT2D eigenvalue weighted by Gasteiger charge is -2.10. The zero-order chi connectivity index (χ0) is 15.0. The Morgan fingerprint density at radius 3 is 2.81 bits per heavy atom. The fourth-order valence-corrected chi connectivity index (χ4v) is 2.88. The van der Waals surface area contributed by atoms with Crippen molar-refractivity contribution in [3.05, 3.63) is 40.3 Å². The fraction of sp³-hybridized carbons (Fsp3) is 0.333. The highest BCUT2D eigenvalue weighted by Gasteiger charge is 2.15. The van der Waals surface area contributed by atoms with E-state index in [2.05, 4.69) is 27.6 Å². The molecule has 0 amide bonds. The van der Waals surface area contributed by atoms with E-state index < -0.39 is 0 Å². The number of nitrogens with zero attached hydrogens (tertiary/aromatic N) is 3. The summed E-state index contributed by atoms with van der Waals surface area (Å²) in [5.41, 5.74) is 4.11. The molecule has 0 spiro atoms. The maximum absolute atomic E-state index is 5.48. The third-order valence-electron chi connectivity index (χ3n) is 3.65. The predicted molar refractivity (Wildman–Crippen MR) is 85.4 cm³/mol. The first kappa shape index (κ1) is 13.9. The zero-order valence-electron chi connectivity index (χ0n) is 12.4. The van der Waals surface area contributed by atoms with Crippen LogP contribution in [0.3, 0.4) is 0 Å². The summed E-state index contributed by atoms with van der Waals surface area (Å²) >= 11 is 5.48. The molecular formula is C15H18N4OS. The van der Waals surface area contributed by atoms with Crippen LogP contribution in [0, 0.1) is 11.7 Å². The van der Waals surface area contributed by atoms with Crippen molar-refractivity contribution in [3.8, 4) is 5.75 Å². The van der Waals surface area contributed by atoms with Gasteiger partial charge in [0.1, 0.15) is 11.3 Å². The lowest BCUT2D eigenvalue weighted by atomic mass is 10.2. The summed E-state index contributed by atoms with van der Waals surface area (Å²) in [4.78, 5) is 3.26. The molecule has 3 rings (SSSR count). The van der Waals surface area contributed by atoms with Gasteiger partial charge in [-0.25, -0.2) is 4.68 Å². The largest absolute Gasteiger partial charge is 0.496 e. The van der Waals surface area contributed by atoms with E-state index in [1.165, 1.54) is 0 Å². The molecule has 21 heavy (non-hydrogen) atoms. The van der Waals surface area contributed by atoms with Crippen LogP contribution in [-0.2, 0) is 13.1 Å². The van der Waals surface area contributed by atoms with Gasteiger partial charge in [0.2, 0.25) is 0 Å². The fourth-order valence-electron chi connectivity index (χ4n) is 2.63. The van der Waals surface area contributed by atoms with Gasteiger partial charge in [-0.05, 0) is 32.1 Å². The Hall–Kier alpha value is -2.08. The number of imidazole rings is 1. The molecular weight excluding hydrogens is 284 g/mol. The minimum absolute atomic E-state index is 0.661. The van der Waals surface area contributed by atoms with Crippen molar-refractivity contribution < 1.29 is 4.74 Å². The molecule has 1 aromatic carbocycles. The number of benzene rings is 1. The molecule has 0 aliphatic rings. The molecule has 0 unspecified atom stereocenters. The Morgan fingerprint density at radius 1 is 1.33 bits per heavy atom. The van der Waals surface area contributed by atoms with Crippen molar-refractivity contribution in [1.29, 1.82) is 0 Å². The van der Waals surface area contributed by atoms with Gasteiger partial charge in [0, 0.05) is 12.1 Å². The molecule has 0 fully saturated rings. The molecule has 110 valence electrons. The van der Waals surface area contributed by atoms with E-state index in [0.29, 0.717) is 11.3 Å². The summed E-state index contributed by atoms with van der Waals surface area (Å²) in [6, 6.07) is 7.99. The van der Waals surface area contributed by atoms with Gasteiger partial charge < -0.3 is 9.72 Å². The van der Waals surface area contributed by atoms with E-state index in [1.807, 2.05) is 29.8 Å².